The molecule has 33 heavy (non-hydrogen) atoms. The smallest absolute Gasteiger partial charge is 0.268 e. The summed E-state index contributed by atoms with van der Waals surface area (Å²) in [5.74, 6) is -0.498. The molecule has 0 atom stereocenters. The third-order valence-electron chi connectivity index (χ3n) is 4.67. The van der Waals surface area contributed by atoms with Crippen LogP contribution in [0.2, 0.25) is 0 Å². The number of hydrogen-bond acceptors (Lipinski definition) is 6. The van der Waals surface area contributed by atoms with Gasteiger partial charge in [0.1, 0.15) is 22.9 Å². The number of ether oxygens (including phenoxy) is 1. The van der Waals surface area contributed by atoms with Crippen LogP contribution in [0.3, 0.4) is 0 Å². The number of anilines is 1. The van der Waals surface area contributed by atoms with E-state index in [2.05, 4.69) is 26.5 Å². The van der Waals surface area contributed by atoms with E-state index >= 15 is 0 Å². The number of aromatic hydroxyl groups is 1. The number of phenolic OH excluding ortho intramolecular Hbond substituents is 1. The third kappa shape index (κ3) is 5.71. The first-order valence-corrected chi connectivity index (χ1v) is 12.0. The zero-order valence-corrected chi connectivity index (χ0v) is 20.3. The highest BCUT2D eigenvalue weighted by molar-refractivity contribution is 9.10. The number of nitrogens with one attached hydrogen (secondary N) is 1. The maximum Gasteiger partial charge on any atom is 0.268 e. The maximum atomic E-state index is 13.6. The van der Waals surface area contributed by atoms with Crippen LogP contribution in [-0.2, 0) is 14.8 Å². The fourth-order valence-electron chi connectivity index (χ4n) is 3.03. The molecule has 172 valence electrons. The molecule has 0 aromatic heterocycles. The molecule has 0 heterocycles. The van der Waals surface area contributed by atoms with Gasteiger partial charge in [0.25, 0.3) is 15.9 Å². The lowest BCUT2D eigenvalue weighted by molar-refractivity contribution is -0.119. The van der Waals surface area contributed by atoms with E-state index in [1.807, 2.05) is 0 Å². The SMILES string of the molecule is COc1ccc(Br)cc1S(=O)(=O)N(CC(=O)N/N=C(/C)c1ccccc1O)c1ccccc1. The second-order valence-corrected chi connectivity index (χ2v) is 9.64. The first kappa shape index (κ1) is 24.3. The van der Waals surface area contributed by atoms with Gasteiger partial charge in [0, 0.05) is 10.0 Å². The Kier molecular flexibility index (Phi) is 7.72. The summed E-state index contributed by atoms with van der Waals surface area (Å²) >= 11 is 3.29. The number of hydrazone groups is 1. The minimum atomic E-state index is -4.18. The van der Waals surface area contributed by atoms with Crippen LogP contribution in [-0.4, -0.2) is 38.8 Å². The van der Waals surface area contributed by atoms with Gasteiger partial charge in [0.15, 0.2) is 0 Å². The molecule has 0 aliphatic rings. The highest BCUT2D eigenvalue weighted by Crippen LogP contribution is 2.32. The van der Waals surface area contributed by atoms with Gasteiger partial charge < -0.3 is 9.84 Å². The summed E-state index contributed by atoms with van der Waals surface area (Å²) in [6.07, 6.45) is 0. The number of phenols is 1. The first-order chi connectivity index (χ1) is 15.7. The number of carbonyl (C=O) groups excluding carboxylic acids is 1. The van der Waals surface area contributed by atoms with Crippen LogP contribution >= 0.6 is 15.9 Å². The van der Waals surface area contributed by atoms with Crippen molar-refractivity contribution < 1.29 is 23.1 Å². The van der Waals surface area contributed by atoms with E-state index in [1.54, 1.807) is 61.5 Å². The quantitative estimate of drug-likeness (QED) is 0.338. The molecular weight excluding hydrogens is 510 g/mol. The van der Waals surface area contributed by atoms with Crippen LogP contribution in [0.1, 0.15) is 12.5 Å². The zero-order valence-electron chi connectivity index (χ0n) is 17.9. The summed E-state index contributed by atoms with van der Waals surface area (Å²) in [5.41, 5.74) is 3.48. The van der Waals surface area contributed by atoms with E-state index < -0.39 is 22.5 Å². The van der Waals surface area contributed by atoms with Crippen LogP contribution in [0, 0.1) is 0 Å². The van der Waals surface area contributed by atoms with Crippen LogP contribution < -0.4 is 14.5 Å². The number of para-hydroxylation sites is 2. The summed E-state index contributed by atoms with van der Waals surface area (Å²) < 4.78 is 33.9. The molecule has 0 radical (unpaired) electrons. The Morgan fingerprint density at radius 2 is 1.76 bits per heavy atom. The lowest BCUT2D eigenvalue weighted by Crippen LogP contribution is -2.40. The average molecular weight is 532 g/mol. The van der Waals surface area contributed by atoms with Gasteiger partial charge in [-0.15, -0.1) is 0 Å². The Morgan fingerprint density at radius 1 is 1.09 bits per heavy atom. The van der Waals surface area contributed by atoms with Gasteiger partial charge in [0.05, 0.1) is 18.5 Å². The zero-order chi connectivity index (χ0) is 24.0. The molecule has 3 aromatic carbocycles. The number of hydrogen-bond donors (Lipinski definition) is 2. The summed E-state index contributed by atoms with van der Waals surface area (Å²) in [6.45, 7) is 1.09. The van der Waals surface area contributed by atoms with Crippen LogP contribution in [0.4, 0.5) is 5.69 Å². The second kappa shape index (κ2) is 10.5. The van der Waals surface area contributed by atoms with E-state index in [9.17, 15) is 18.3 Å². The molecule has 10 heteroatoms. The van der Waals surface area contributed by atoms with Crippen molar-refractivity contribution in [2.45, 2.75) is 11.8 Å². The van der Waals surface area contributed by atoms with E-state index in [0.717, 1.165) is 4.31 Å². The molecule has 0 aliphatic carbocycles. The Balaban J connectivity index is 1.93. The van der Waals surface area contributed by atoms with Gasteiger partial charge in [-0.25, -0.2) is 13.8 Å². The summed E-state index contributed by atoms with van der Waals surface area (Å²) in [6, 6.07) is 19.4. The van der Waals surface area contributed by atoms with E-state index in [1.165, 1.54) is 25.3 Å². The molecule has 3 aromatic rings. The third-order valence-corrected chi connectivity index (χ3v) is 6.96. The molecule has 0 spiro atoms. The maximum absolute atomic E-state index is 13.6. The van der Waals surface area contributed by atoms with Crippen molar-refractivity contribution in [3.8, 4) is 11.5 Å². The minimum absolute atomic E-state index is 0.0169. The minimum Gasteiger partial charge on any atom is -0.507 e. The molecule has 8 nitrogen and oxygen atoms in total. The van der Waals surface area contributed by atoms with Gasteiger partial charge in [-0.05, 0) is 49.4 Å². The molecule has 0 saturated heterocycles. The number of sulfonamides is 1. The predicted octanol–water partition coefficient (Wildman–Crippen LogP) is 3.90. The van der Waals surface area contributed by atoms with Gasteiger partial charge in [-0.1, -0.05) is 46.3 Å². The number of halogens is 1. The Labute approximate surface area is 200 Å². The van der Waals surface area contributed by atoms with Crippen molar-refractivity contribution >= 4 is 43.3 Å². The van der Waals surface area contributed by atoms with Crippen molar-refractivity contribution in [2.75, 3.05) is 18.0 Å². The molecule has 2 N–H and O–H groups in total. The molecule has 0 aliphatic heterocycles. The summed E-state index contributed by atoms with van der Waals surface area (Å²) in [4.78, 5) is 12.6. The molecule has 0 bridgehead atoms. The van der Waals surface area contributed by atoms with E-state index in [-0.39, 0.29) is 16.4 Å². The molecule has 3 rings (SSSR count). The van der Waals surface area contributed by atoms with Gasteiger partial charge in [-0.2, -0.15) is 5.10 Å². The Bertz CT molecular complexity index is 1280. The van der Waals surface area contributed by atoms with Crippen LogP contribution in [0.5, 0.6) is 11.5 Å². The standard InChI is InChI=1S/C23H22BrN3O5S/c1-16(19-10-6-7-11-20(19)28)25-26-23(29)15-27(18-8-4-3-5-9-18)33(30,31)22-14-17(24)12-13-21(22)32-2/h3-14,28H,15H2,1-2H3,(H,26,29)/b25-16-. The number of rotatable bonds is 8. The Hall–Kier alpha value is -3.37. The Morgan fingerprint density at radius 3 is 2.42 bits per heavy atom. The number of amides is 1. The molecule has 0 saturated carbocycles. The molecule has 0 fully saturated rings. The number of nitrogens with zero attached hydrogens (tertiary/aromatic N) is 2. The van der Waals surface area contributed by atoms with Crippen molar-refractivity contribution in [1.82, 2.24) is 5.43 Å². The lowest BCUT2D eigenvalue weighted by Gasteiger charge is -2.24. The van der Waals surface area contributed by atoms with Gasteiger partial charge >= 0.3 is 0 Å². The largest absolute Gasteiger partial charge is 0.507 e. The highest BCUT2D eigenvalue weighted by atomic mass is 79.9. The number of methoxy groups -OCH3 is 1. The normalized spacial score (nSPS) is 11.7. The first-order valence-electron chi connectivity index (χ1n) is 9.77. The van der Waals surface area contributed by atoms with Crippen LogP contribution in [0.15, 0.2) is 87.3 Å². The van der Waals surface area contributed by atoms with E-state index in [4.69, 9.17) is 4.74 Å². The van der Waals surface area contributed by atoms with Crippen molar-refractivity contribution in [2.24, 2.45) is 5.10 Å². The molecular formula is C23H22BrN3O5S. The van der Waals surface area contributed by atoms with Crippen molar-refractivity contribution in [1.29, 1.82) is 0 Å². The van der Waals surface area contributed by atoms with Crippen LogP contribution in [0.25, 0.3) is 0 Å². The number of carbonyl (C=O) groups is 1. The topological polar surface area (TPSA) is 108 Å². The summed E-state index contributed by atoms with van der Waals surface area (Å²) in [7, 11) is -2.81. The van der Waals surface area contributed by atoms with E-state index in [0.29, 0.717) is 21.4 Å². The summed E-state index contributed by atoms with van der Waals surface area (Å²) in [5, 5.41) is 14.0. The fourth-order valence-corrected chi connectivity index (χ4v) is 5.15. The van der Waals surface area contributed by atoms with Crippen molar-refractivity contribution in [3.05, 3.63) is 82.8 Å². The highest BCUT2D eigenvalue weighted by Gasteiger charge is 2.30. The van der Waals surface area contributed by atoms with Crippen molar-refractivity contribution in [3.63, 3.8) is 0 Å². The number of benzene rings is 3. The lowest BCUT2D eigenvalue weighted by atomic mass is 10.1. The predicted molar refractivity (Wildman–Crippen MR) is 130 cm³/mol. The fraction of sp³-hybridized carbons (Fsp3) is 0.130. The van der Waals surface area contributed by atoms with Gasteiger partial charge in [-0.3, -0.25) is 9.10 Å². The second-order valence-electron chi connectivity index (χ2n) is 6.89. The molecule has 0 unspecified atom stereocenters. The molecule has 1 amide bonds. The van der Waals surface area contributed by atoms with Gasteiger partial charge in [0.2, 0.25) is 0 Å². The average Bonchev–Trinajstić information content (AvgIpc) is 2.81. The monoisotopic (exact) mass is 531 g/mol.